The molecule has 0 unspecified atom stereocenters. The third kappa shape index (κ3) is 5.38. The second-order valence-corrected chi connectivity index (χ2v) is 9.48. The first-order valence-corrected chi connectivity index (χ1v) is 11.6. The van der Waals surface area contributed by atoms with Gasteiger partial charge in [0.15, 0.2) is 0 Å². The number of amides is 1. The van der Waals surface area contributed by atoms with E-state index in [1.807, 2.05) is 42.3 Å². The maximum Gasteiger partial charge on any atom is 0.264 e. The van der Waals surface area contributed by atoms with E-state index >= 15 is 0 Å². The van der Waals surface area contributed by atoms with Gasteiger partial charge in [-0.15, -0.1) is 0 Å². The highest BCUT2D eigenvalue weighted by atomic mass is 35.5. The van der Waals surface area contributed by atoms with Crippen LogP contribution < -0.4 is 14.5 Å². The molecule has 1 N–H and O–H groups in total. The first-order valence-electron chi connectivity index (χ1n) is 9.78. The quantitative estimate of drug-likeness (QED) is 0.531. The Morgan fingerprint density at radius 2 is 1.62 bits per heavy atom. The number of anilines is 2. The van der Waals surface area contributed by atoms with Crippen molar-refractivity contribution in [2.45, 2.75) is 4.90 Å². The zero-order chi connectivity index (χ0) is 23.3. The Morgan fingerprint density at radius 1 is 0.969 bits per heavy atom. The Bertz CT molecular complexity index is 1190. The van der Waals surface area contributed by atoms with Crippen molar-refractivity contribution in [1.29, 1.82) is 0 Å². The van der Waals surface area contributed by atoms with E-state index in [4.69, 9.17) is 11.6 Å². The number of likely N-dealkylation sites (N-methyl/N-ethyl adjacent to an activating group) is 1. The molecule has 0 spiro atoms. The van der Waals surface area contributed by atoms with E-state index in [-0.39, 0.29) is 21.2 Å². The Hall–Kier alpha value is -3.10. The molecule has 9 heteroatoms. The molecule has 0 aliphatic carbocycles. The zero-order valence-corrected chi connectivity index (χ0v) is 19.2. The summed E-state index contributed by atoms with van der Waals surface area (Å²) in [5.41, 5.74) is 1.36. The van der Waals surface area contributed by atoms with E-state index in [9.17, 15) is 17.6 Å². The summed E-state index contributed by atoms with van der Waals surface area (Å²) in [5, 5.41) is 2.91. The number of nitrogens with one attached hydrogen (secondary N) is 1. The van der Waals surface area contributed by atoms with Crippen LogP contribution in [0.5, 0.6) is 0 Å². The van der Waals surface area contributed by atoms with Crippen LogP contribution in [0.15, 0.2) is 77.7 Å². The van der Waals surface area contributed by atoms with Crippen LogP contribution in [-0.2, 0) is 10.0 Å². The maximum absolute atomic E-state index is 13.2. The fourth-order valence-corrected chi connectivity index (χ4v) is 4.46. The van der Waals surface area contributed by atoms with Gasteiger partial charge in [0, 0.05) is 32.9 Å². The number of rotatable bonds is 8. The molecule has 0 bridgehead atoms. The van der Waals surface area contributed by atoms with E-state index in [2.05, 4.69) is 5.32 Å². The van der Waals surface area contributed by atoms with Crippen molar-refractivity contribution in [1.82, 2.24) is 5.32 Å². The van der Waals surface area contributed by atoms with Crippen molar-refractivity contribution in [2.24, 2.45) is 0 Å². The molecule has 0 heterocycles. The summed E-state index contributed by atoms with van der Waals surface area (Å²) in [6.07, 6.45) is 0. The molecule has 0 aliphatic rings. The molecule has 0 fully saturated rings. The minimum atomic E-state index is -3.98. The Kier molecular flexibility index (Phi) is 7.37. The lowest BCUT2D eigenvalue weighted by atomic mass is 10.2. The fraction of sp³-hybridized carbons (Fsp3) is 0.174. The summed E-state index contributed by atoms with van der Waals surface area (Å²) < 4.78 is 40.2. The molecule has 32 heavy (non-hydrogen) atoms. The predicted molar refractivity (Wildman–Crippen MR) is 125 cm³/mol. The number of carbonyl (C=O) groups excluding carboxylic acids is 1. The van der Waals surface area contributed by atoms with Gasteiger partial charge in [-0.25, -0.2) is 12.8 Å². The van der Waals surface area contributed by atoms with Crippen molar-refractivity contribution < 1.29 is 17.6 Å². The summed E-state index contributed by atoms with van der Waals surface area (Å²) in [4.78, 5) is 14.6. The molecule has 3 aromatic carbocycles. The first-order chi connectivity index (χ1) is 15.2. The second kappa shape index (κ2) is 10.0. The highest BCUT2D eigenvalue weighted by molar-refractivity contribution is 7.92. The molecule has 3 rings (SSSR count). The molecule has 0 saturated carbocycles. The van der Waals surface area contributed by atoms with Gasteiger partial charge >= 0.3 is 0 Å². The largest absolute Gasteiger partial charge is 0.373 e. The van der Waals surface area contributed by atoms with Gasteiger partial charge in [-0.05, 0) is 54.6 Å². The highest BCUT2D eigenvalue weighted by Gasteiger charge is 2.24. The molecule has 0 radical (unpaired) electrons. The van der Waals surface area contributed by atoms with Crippen molar-refractivity contribution in [3.8, 4) is 0 Å². The van der Waals surface area contributed by atoms with Crippen LogP contribution in [-0.4, -0.2) is 41.5 Å². The minimum Gasteiger partial charge on any atom is -0.373 e. The number of hydrogen-bond donors (Lipinski definition) is 1. The Morgan fingerprint density at radius 3 is 2.28 bits per heavy atom. The molecule has 0 aliphatic heterocycles. The number of hydrogen-bond acceptors (Lipinski definition) is 4. The molecular weight excluding hydrogens is 453 g/mol. The van der Waals surface area contributed by atoms with Gasteiger partial charge in [-0.3, -0.25) is 9.10 Å². The molecule has 0 aromatic heterocycles. The molecule has 0 atom stereocenters. The first kappa shape index (κ1) is 23.6. The van der Waals surface area contributed by atoms with E-state index < -0.39 is 21.7 Å². The smallest absolute Gasteiger partial charge is 0.264 e. The van der Waals surface area contributed by atoms with Crippen molar-refractivity contribution >= 4 is 38.9 Å². The summed E-state index contributed by atoms with van der Waals surface area (Å²) in [7, 11) is -0.716. The number of halogens is 2. The van der Waals surface area contributed by atoms with Crippen molar-refractivity contribution in [3.05, 3.63) is 89.2 Å². The van der Waals surface area contributed by atoms with Crippen LogP contribution in [0, 0.1) is 5.82 Å². The van der Waals surface area contributed by atoms with Gasteiger partial charge in [-0.1, -0.05) is 29.8 Å². The highest BCUT2D eigenvalue weighted by Crippen LogP contribution is 2.26. The summed E-state index contributed by atoms with van der Waals surface area (Å²) in [6, 6.07) is 18.7. The topological polar surface area (TPSA) is 69.7 Å². The van der Waals surface area contributed by atoms with Crippen molar-refractivity contribution in [3.63, 3.8) is 0 Å². The van der Waals surface area contributed by atoms with E-state index in [0.717, 1.165) is 9.99 Å². The van der Waals surface area contributed by atoms with Gasteiger partial charge in [0.05, 0.1) is 21.2 Å². The lowest BCUT2D eigenvalue weighted by Crippen LogP contribution is -2.33. The van der Waals surface area contributed by atoms with Gasteiger partial charge < -0.3 is 10.2 Å². The summed E-state index contributed by atoms with van der Waals surface area (Å²) >= 11 is 6.17. The molecule has 1 amide bonds. The molecule has 0 saturated heterocycles. The normalized spacial score (nSPS) is 11.1. The van der Waals surface area contributed by atoms with Crippen LogP contribution in [0.2, 0.25) is 5.02 Å². The van der Waals surface area contributed by atoms with Crippen LogP contribution in [0.3, 0.4) is 0 Å². The number of benzene rings is 3. The third-order valence-electron chi connectivity index (χ3n) is 4.96. The average Bonchev–Trinajstić information content (AvgIpc) is 2.79. The predicted octanol–water partition coefficient (Wildman–Crippen LogP) is 4.17. The van der Waals surface area contributed by atoms with Gasteiger partial charge in [0.2, 0.25) is 0 Å². The number of nitrogens with zero attached hydrogens (tertiary/aromatic N) is 2. The number of sulfonamides is 1. The van der Waals surface area contributed by atoms with Gasteiger partial charge in [0.25, 0.3) is 15.9 Å². The van der Waals surface area contributed by atoms with Crippen LogP contribution in [0.4, 0.5) is 15.8 Å². The van der Waals surface area contributed by atoms with Crippen LogP contribution in [0.1, 0.15) is 10.4 Å². The SMILES string of the molecule is CN(CCNC(=O)c1cc(S(=O)(=O)N(C)c2ccc(F)cc2)ccc1Cl)c1ccccc1. The van der Waals surface area contributed by atoms with Crippen LogP contribution >= 0.6 is 11.6 Å². The maximum atomic E-state index is 13.2. The third-order valence-corrected chi connectivity index (χ3v) is 7.07. The zero-order valence-electron chi connectivity index (χ0n) is 17.6. The number of carbonyl (C=O) groups is 1. The van der Waals surface area contributed by atoms with Crippen LogP contribution in [0.25, 0.3) is 0 Å². The number of para-hydroxylation sites is 1. The average molecular weight is 476 g/mol. The summed E-state index contributed by atoms with van der Waals surface area (Å²) in [6.45, 7) is 0.895. The van der Waals surface area contributed by atoms with E-state index in [1.165, 1.54) is 49.5 Å². The molecular formula is C23H23ClFN3O3S. The molecule has 6 nitrogen and oxygen atoms in total. The van der Waals surface area contributed by atoms with E-state index in [1.54, 1.807) is 0 Å². The van der Waals surface area contributed by atoms with E-state index in [0.29, 0.717) is 13.1 Å². The second-order valence-electron chi connectivity index (χ2n) is 7.10. The summed E-state index contributed by atoms with van der Waals surface area (Å²) in [5.74, 6) is -0.944. The molecule has 3 aromatic rings. The molecule has 168 valence electrons. The van der Waals surface area contributed by atoms with Gasteiger partial charge in [-0.2, -0.15) is 0 Å². The Labute approximate surface area is 192 Å². The van der Waals surface area contributed by atoms with Gasteiger partial charge in [0.1, 0.15) is 5.82 Å². The Balaban J connectivity index is 1.73. The fourth-order valence-electron chi connectivity index (χ4n) is 3.03. The standard InChI is InChI=1S/C23H23ClFN3O3S/c1-27(18-6-4-3-5-7-18)15-14-26-23(29)21-16-20(12-13-22(21)24)32(30,31)28(2)19-10-8-17(25)9-11-19/h3-13,16H,14-15H2,1-2H3,(H,26,29). The van der Waals surface area contributed by atoms with Crippen molar-refractivity contribution in [2.75, 3.05) is 36.4 Å². The minimum absolute atomic E-state index is 0.0580. The lowest BCUT2D eigenvalue weighted by Gasteiger charge is -2.21. The lowest BCUT2D eigenvalue weighted by molar-refractivity contribution is 0.0954. The monoisotopic (exact) mass is 475 g/mol.